The Kier molecular flexibility index (Phi) is 28.1. The van der Waals surface area contributed by atoms with Crippen LogP contribution in [0.25, 0.3) is 0 Å². The third-order valence-electron chi connectivity index (χ3n) is 9.50. The van der Waals surface area contributed by atoms with Crippen LogP contribution in [0.1, 0.15) is 211 Å². The zero-order valence-electron chi connectivity index (χ0n) is 46.3. The van der Waals surface area contributed by atoms with Crippen molar-refractivity contribution in [3.8, 4) is 0 Å². The molecule has 2 unspecified atom stereocenters. The average Bonchev–Trinajstić information content (AvgIpc) is 3.19. The highest BCUT2D eigenvalue weighted by molar-refractivity contribution is 9.09. The van der Waals surface area contributed by atoms with Crippen LogP contribution in [-0.2, 0) is 43.0 Å². The molecule has 0 aliphatic heterocycles. The Labute approximate surface area is 384 Å². The lowest BCUT2D eigenvalue weighted by Gasteiger charge is -2.31. The van der Waals surface area contributed by atoms with Crippen LogP contribution in [0.3, 0.4) is 0 Å². The summed E-state index contributed by atoms with van der Waals surface area (Å²) in [6, 6.07) is 0. The van der Waals surface area contributed by atoms with Crippen LogP contribution in [0, 0.1) is 22.7 Å². The van der Waals surface area contributed by atoms with E-state index in [0.29, 0.717) is 12.8 Å². The number of hydrogen-bond acceptors (Lipinski definition) is 9. The van der Waals surface area contributed by atoms with E-state index >= 15 is 0 Å². The van der Waals surface area contributed by atoms with Gasteiger partial charge in [0.1, 0.15) is 17.1 Å². The maximum atomic E-state index is 12.6. The number of halogens is 2. The zero-order valence-corrected chi connectivity index (χ0v) is 40.5. The van der Waals surface area contributed by atoms with E-state index in [2.05, 4.69) is 36.6 Å². The van der Waals surface area contributed by atoms with Gasteiger partial charge in [0.2, 0.25) is 0 Å². The fraction of sp³-hybridized carbons (Fsp3) is 0.830. The second kappa shape index (κ2) is 36.9. The summed E-state index contributed by atoms with van der Waals surface area (Å²) in [7, 11) is 0. The van der Waals surface area contributed by atoms with E-state index in [-0.39, 0.29) is 43.8 Å². The summed E-state index contributed by atoms with van der Waals surface area (Å²) in [6.07, 6.45) is 17.7. The van der Waals surface area contributed by atoms with Gasteiger partial charge in [-0.15, -0.1) is 0 Å². The first-order valence-corrected chi connectivity index (χ1v) is 23.5. The predicted molar refractivity (Wildman–Crippen MR) is 246 cm³/mol. The minimum Gasteiger partial charge on any atom is -0.465 e. The monoisotopic (exact) mass is 960 g/mol. The largest absolute Gasteiger partial charge is 0.465 e. The molecule has 0 aliphatic rings. The van der Waals surface area contributed by atoms with Gasteiger partial charge < -0.3 is 14.2 Å². The predicted octanol–water partition coefficient (Wildman–Crippen LogP) is 12.8. The van der Waals surface area contributed by atoms with Gasteiger partial charge in [-0.1, -0.05) is 155 Å². The number of carbonyl (C=O) groups excluding carboxylic acids is 6. The second-order valence-electron chi connectivity index (χ2n) is 15.2. The smallest absolute Gasteiger partial charge is 0.341 e. The number of carbonyl (C=O) groups is 6. The van der Waals surface area contributed by atoms with Crippen molar-refractivity contribution in [3.63, 3.8) is 0 Å². The van der Waals surface area contributed by atoms with Gasteiger partial charge in [-0.05, 0) is 91.8 Å². The summed E-state index contributed by atoms with van der Waals surface area (Å²) in [5, 5.41) is 2.35. The van der Waals surface area contributed by atoms with Gasteiger partial charge in [0.25, 0.3) is 0 Å². The normalized spacial score (nSPS) is 16.4. The standard InChI is InChI=1S/C28H50O6.C10H20Br2.C9H14O3/c1-9-33-25(31)24(26(32)34-10-2)28(7,8)20-18-16-14-12-11-13-15-17-19-27(5,6)23(21(3)29)22(4)30;11-9-7-5-3-1-2-4-6-8-10-12;1-5-12-9(11)8(6(2)3)7(4)10/h23-24H,9-20H2,1-8H3;1-10H2;5H2,1-4H3/i5D3,7D3;;2D3/b;;8-6+. The first kappa shape index (κ1) is 44.2. The number of ketones is 3. The molecular weight excluding hydrogens is 868 g/mol. The lowest BCUT2D eigenvalue weighted by atomic mass is 9.71. The summed E-state index contributed by atoms with van der Waals surface area (Å²) in [5.41, 5.74) is -3.63. The molecule has 340 valence electrons. The number of hydrogen-bond donors (Lipinski definition) is 0. The van der Waals surface area contributed by atoms with Crippen molar-refractivity contribution in [2.75, 3.05) is 30.5 Å². The fourth-order valence-corrected chi connectivity index (χ4v) is 7.39. The summed E-state index contributed by atoms with van der Waals surface area (Å²) in [4.78, 5) is 71.8. The average molecular weight is 962 g/mol. The quantitative estimate of drug-likeness (QED) is 0.0127. The van der Waals surface area contributed by atoms with Crippen LogP contribution in [0.4, 0.5) is 0 Å². The van der Waals surface area contributed by atoms with E-state index in [1.54, 1.807) is 20.8 Å². The van der Waals surface area contributed by atoms with E-state index in [1.807, 2.05) is 0 Å². The maximum Gasteiger partial charge on any atom is 0.341 e. The Morgan fingerprint density at radius 1 is 0.517 bits per heavy atom. The van der Waals surface area contributed by atoms with E-state index in [0.717, 1.165) is 45.4 Å². The summed E-state index contributed by atoms with van der Waals surface area (Å²) < 4.78 is 84.1. The number of allylic oxidation sites excluding steroid dienone is 1. The molecule has 0 aromatic carbocycles. The highest BCUT2D eigenvalue weighted by Crippen LogP contribution is 2.36. The topological polar surface area (TPSA) is 130 Å². The van der Waals surface area contributed by atoms with Gasteiger partial charge >= 0.3 is 17.9 Å². The molecule has 0 saturated carbocycles. The van der Waals surface area contributed by atoms with Crippen LogP contribution < -0.4 is 0 Å². The Morgan fingerprint density at radius 2 is 0.845 bits per heavy atom. The summed E-state index contributed by atoms with van der Waals surface area (Å²) in [5.74, 6) is -6.76. The summed E-state index contributed by atoms with van der Waals surface area (Å²) >= 11 is 6.90. The summed E-state index contributed by atoms with van der Waals surface area (Å²) in [6.45, 7) is 5.30. The molecule has 9 nitrogen and oxygen atoms in total. The molecule has 0 radical (unpaired) electrons. The molecule has 0 spiro atoms. The van der Waals surface area contributed by atoms with Crippen molar-refractivity contribution >= 4 is 67.1 Å². The van der Waals surface area contributed by atoms with Gasteiger partial charge in [-0.25, -0.2) is 4.79 Å². The lowest BCUT2D eigenvalue weighted by molar-refractivity contribution is -0.168. The molecule has 0 N–H and O–H groups in total. The molecule has 11 heteroatoms. The molecule has 2 atom stereocenters. The van der Waals surface area contributed by atoms with E-state index in [4.69, 9.17) is 21.8 Å². The molecule has 0 heterocycles. The van der Waals surface area contributed by atoms with Crippen molar-refractivity contribution in [2.45, 2.75) is 198 Å². The van der Waals surface area contributed by atoms with Crippen molar-refractivity contribution in [3.05, 3.63) is 11.1 Å². The van der Waals surface area contributed by atoms with Crippen LogP contribution >= 0.6 is 31.9 Å². The lowest BCUT2D eigenvalue weighted by Crippen LogP contribution is -2.39. The number of Topliss-reactive ketones (excluding diaryl/α,β-unsaturated/α-hetero) is 3. The van der Waals surface area contributed by atoms with Crippen LogP contribution in [0.15, 0.2) is 11.1 Å². The second-order valence-corrected chi connectivity index (χ2v) is 16.8. The van der Waals surface area contributed by atoms with Gasteiger partial charge in [0, 0.05) is 23.0 Å². The molecule has 0 aromatic heterocycles. The van der Waals surface area contributed by atoms with Crippen LogP contribution in [0.5, 0.6) is 0 Å². The van der Waals surface area contributed by atoms with Crippen molar-refractivity contribution in [1.82, 2.24) is 0 Å². The highest BCUT2D eigenvalue weighted by atomic mass is 79.9. The Bertz CT molecular complexity index is 1460. The zero-order chi connectivity index (χ0) is 52.7. The first-order valence-electron chi connectivity index (χ1n) is 25.8. The highest BCUT2D eigenvalue weighted by Gasteiger charge is 2.42. The van der Waals surface area contributed by atoms with Crippen LogP contribution in [-0.4, -0.2) is 65.7 Å². The molecule has 0 amide bonds. The van der Waals surface area contributed by atoms with Gasteiger partial charge in [-0.2, -0.15) is 0 Å². The van der Waals surface area contributed by atoms with Crippen molar-refractivity contribution < 1.29 is 55.3 Å². The molecule has 0 bridgehead atoms. The number of rotatable bonds is 31. The van der Waals surface area contributed by atoms with Crippen LogP contribution in [0.2, 0.25) is 0 Å². The molecule has 58 heavy (non-hydrogen) atoms. The van der Waals surface area contributed by atoms with Crippen molar-refractivity contribution in [1.29, 1.82) is 0 Å². The SMILES string of the molecule is BrCCCCCCCCCCBr.[2H]C([2H])([2H])/C(C)=C(/C(C)=O)C(=O)OCC.[2H]C([2H])([2H])C(C)(CCCCCCCCCCC(C)(C(C(=O)OCC)C(=O)OCC)C([2H])([2H])[2H])C(C(C)=O)C(C)=O. The fourth-order valence-electron chi connectivity index (χ4n) is 6.60. The Morgan fingerprint density at radius 3 is 1.12 bits per heavy atom. The molecule has 0 fully saturated rings. The molecule has 0 aromatic rings. The molecule has 0 rings (SSSR count). The maximum absolute atomic E-state index is 12.6. The van der Waals surface area contributed by atoms with E-state index in [9.17, 15) is 28.8 Å². The number of unbranched alkanes of at least 4 members (excludes halogenated alkanes) is 14. The van der Waals surface area contributed by atoms with Crippen molar-refractivity contribution in [2.24, 2.45) is 22.7 Å². The Balaban J connectivity index is -0.00000122. The number of alkyl halides is 2. The van der Waals surface area contributed by atoms with E-state index in [1.165, 1.54) is 96.6 Å². The van der Waals surface area contributed by atoms with E-state index < -0.39 is 78.5 Å². The molecular formula is C47H84Br2O9. The third-order valence-corrected chi connectivity index (χ3v) is 10.6. The number of ether oxygens (including phenoxy) is 3. The van der Waals surface area contributed by atoms with Gasteiger partial charge in [-0.3, -0.25) is 24.0 Å². The number of esters is 3. The molecule has 0 aliphatic carbocycles. The Hall–Kier alpha value is -1.88. The molecule has 0 saturated heterocycles. The van der Waals surface area contributed by atoms with Gasteiger partial charge in [0.15, 0.2) is 11.7 Å². The first-order chi connectivity index (χ1) is 30.9. The minimum atomic E-state index is -2.58. The third kappa shape index (κ3) is 30.2. The van der Waals surface area contributed by atoms with Gasteiger partial charge in [0.05, 0.1) is 25.7 Å². The minimum absolute atomic E-state index is 0.0231.